The number of aromatic nitrogens is 2. The topological polar surface area (TPSA) is 68.5 Å². The number of anilines is 1. The summed E-state index contributed by atoms with van der Waals surface area (Å²) in [5.41, 5.74) is 2.96. The standard InChI is InChI=1S/C22H23N3O3/c1-3-15-9-11-16(12-10-15)21-23-22(28-24-21)17-13-20(26)25(14-17)18-7-5-6-8-19(18)27-4-2/h5-12,17H,3-4,13-14H2,1-2H3. The summed E-state index contributed by atoms with van der Waals surface area (Å²) in [5, 5.41) is 4.12. The number of ether oxygens (including phenoxy) is 1. The van der Waals surface area contributed by atoms with Crippen LogP contribution < -0.4 is 9.64 Å². The van der Waals surface area contributed by atoms with Crippen LogP contribution in [-0.4, -0.2) is 29.2 Å². The molecular weight excluding hydrogens is 354 g/mol. The molecule has 6 heteroatoms. The molecule has 2 aromatic carbocycles. The van der Waals surface area contributed by atoms with Crippen LogP contribution >= 0.6 is 0 Å². The summed E-state index contributed by atoms with van der Waals surface area (Å²) in [7, 11) is 0. The van der Waals surface area contributed by atoms with E-state index in [1.54, 1.807) is 4.90 Å². The lowest BCUT2D eigenvalue weighted by Gasteiger charge is -2.19. The van der Waals surface area contributed by atoms with E-state index in [1.165, 1.54) is 5.56 Å². The van der Waals surface area contributed by atoms with Crippen molar-refractivity contribution in [3.63, 3.8) is 0 Å². The summed E-state index contributed by atoms with van der Waals surface area (Å²) in [6.07, 6.45) is 1.33. The Labute approximate surface area is 164 Å². The molecule has 1 aliphatic rings. The highest BCUT2D eigenvalue weighted by atomic mass is 16.5. The van der Waals surface area contributed by atoms with E-state index in [2.05, 4.69) is 29.2 Å². The third-order valence-electron chi connectivity index (χ3n) is 4.99. The first-order valence-corrected chi connectivity index (χ1v) is 9.64. The number of rotatable bonds is 6. The molecule has 1 saturated heterocycles. The van der Waals surface area contributed by atoms with E-state index in [0.717, 1.165) is 17.7 Å². The average molecular weight is 377 g/mol. The van der Waals surface area contributed by atoms with Gasteiger partial charge in [0.05, 0.1) is 18.2 Å². The first kappa shape index (κ1) is 18.2. The normalized spacial score (nSPS) is 16.6. The molecule has 144 valence electrons. The van der Waals surface area contributed by atoms with Gasteiger partial charge in [0, 0.05) is 18.5 Å². The van der Waals surface area contributed by atoms with Crippen LogP contribution in [0.25, 0.3) is 11.4 Å². The summed E-state index contributed by atoms with van der Waals surface area (Å²) in [4.78, 5) is 18.9. The quantitative estimate of drug-likeness (QED) is 0.643. The van der Waals surface area contributed by atoms with Gasteiger partial charge in [-0.2, -0.15) is 4.98 Å². The van der Waals surface area contributed by atoms with Crippen molar-refractivity contribution in [3.8, 4) is 17.1 Å². The van der Waals surface area contributed by atoms with Crippen molar-refractivity contribution >= 4 is 11.6 Å². The van der Waals surface area contributed by atoms with Gasteiger partial charge in [-0.15, -0.1) is 0 Å². The lowest BCUT2D eigenvalue weighted by Crippen LogP contribution is -2.25. The zero-order chi connectivity index (χ0) is 19.5. The molecule has 0 bridgehead atoms. The molecule has 0 spiro atoms. The zero-order valence-electron chi connectivity index (χ0n) is 16.1. The van der Waals surface area contributed by atoms with Gasteiger partial charge in [-0.3, -0.25) is 4.79 Å². The first-order valence-electron chi connectivity index (χ1n) is 9.64. The number of hydrogen-bond acceptors (Lipinski definition) is 5. The van der Waals surface area contributed by atoms with Gasteiger partial charge in [-0.05, 0) is 31.0 Å². The maximum absolute atomic E-state index is 12.6. The Bertz CT molecular complexity index is 965. The summed E-state index contributed by atoms with van der Waals surface area (Å²) in [5.74, 6) is 1.67. The summed E-state index contributed by atoms with van der Waals surface area (Å²) >= 11 is 0. The highest BCUT2D eigenvalue weighted by Crippen LogP contribution is 2.36. The molecule has 1 aliphatic heterocycles. The number of para-hydroxylation sites is 2. The van der Waals surface area contributed by atoms with E-state index in [4.69, 9.17) is 9.26 Å². The highest BCUT2D eigenvalue weighted by molar-refractivity contribution is 5.97. The van der Waals surface area contributed by atoms with E-state index in [9.17, 15) is 4.79 Å². The second-order valence-corrected chi connectivity index (χ2v) is 6.81. The third kappa shape index (κ3) is 3.50. The third-order valence-corrected chi connectivity index (χ3v) is 4.99. The number of nitrogens with zero attached hydrogens (tertiary/aromatic N) is 3. The average Bonchev–Trinajstić information content (AvgIpc) is 3.36. The molecule has 1 atom stereocenters. The summed E-state index contributed by atoms with van der Waals surface area (Å²) in [6, 6.07) is 15.7. The van der Waals surface area contributed by atoms with Crippen molar-refractivity contribution in [2.24, 2.45) is 0 Å². The van der Waals surface area contributed by atoms with Crippen LogP contribution in [-0.2, 0) is 11.2 Å². The van der Waals surface area contributed by atoms with Crippen LogP contribution in [0.5, 0.6) is 5.75 Å². The van der Waals surface area contributed by atoms with Crippen LogP contribution in [0.2, 0.25) is 0 Å². The van der Waals surface area contributed by atoms with Crippen LogP contribution in [0.1, 0.15) is 37.6 Å². The van der Waals surface area contributed by atoms with Crippen molar-refractivity contribution in [1.82, 2.24) is 10.1 Å². The van der Waals surface area contributed by atoms with Gasteiger partial charge in [0.1, 0.15) is 5.75 Å². The first-order chi connectivity index (χ1) is 13.7. The van der Waals surface area contributed by atoms with Crippen molar-refractivity contribution in [2.75, 3.05) is 18.1 Å². The van der Waals surface area contributed by atoms with Gasteiger partial charge in [0.2, 0.25) is 17.6 Å². The Morgan fingerprint density at radius 1 is 1.14 bits per heavy atom. The second-order valence-electron chi connectivity index (χ2n) is 6.81. The largest absolute Gasteiger partial charge is 0.492 e. The number of benzene rings is 2. The molecule has 6 nitrogen and oxygen atoms in total. The Kier molecular flexibility index (Phi) is 5.10. The number of amides is 1. The Morgan fingerprint density at radius 3 is 2.68 bits per heavy atom. The van der Waals surface area contributed by atoms with Crippen molar-refractivity contribution < 1.29 is 14.1 Å². The second kappa shape index (κ2) is 7.84. The lowest BCUT2D eigenvalue weighted by molar-refractivity contribution is -0.117. The fourth-order valence-electron chi connectivity index (χ4n) is 3.47. The molecule has 2 heterocycles. The fourth-order valence-corrected chi connectivity index (χ4v) is 3.47. The number of aryl methyl sites for hydroxylation is 1. The summed E-state index contributed by atoms with van der Waals surface area (Å²) in [6.45, 7) is 5.10. The van der Waals surface area contributed by atoms with Gasteiger partial charge < -0.3 is 14.2 Å². The minimum atomic E-state index is -0.127. The SMILES string of the molecule is CCOc1ccccc1N1CC(c2nc(-c3ccc(CC)cc3)no2)CC1=O. The Balaban J connectivity index is 1.54. The number of carbonyl (C=O) groups excluding carboxylic acids is 1. The van der Waals surface area contributed by atoms with Gasteiger partial charge in [0.25, 0.3) is 0 Å². The maximum atomic E-state index is 12.6. The van der Waals surface area contributed by atoms with E-state index in [1.807, 2.05) is 43.3 Å². The minimum Gasteiger partial charge on any atom is -0.492 e. The molecule has 4 rings (SSSR count). The maximum Gasteiger partial charge on any atom is 0.232 e. The molecule has 3 aromatic rings. The van der Waals surface area contributed by atoms with Crippen LogP contribution in [0, 0.1) is 0 Å². The highest BCUT2D eigenvalue weighted by Gasteiger charge is 2.36. The van der Waals surface area contributed by atoms with E-state index in [-0.39, 0.29) is 11.8 Å². The van der Waals surface area contributed by atoms with Crippen LogP contribution in [0.3, 0.4) is 0 Å². The van der Waals surface area contributed by atoms with E-state index >= 15 is 0 Å². The predicted octanol–water partition coefficient (Wildman–Crippen LogP) is 4.22. The van der Waals surface area contributed by atoms with Crippen LogP contribution in [0.15, 0.2) is 53.1 Å². The molecule has 1 unspecified atom stereocenters. The number of carbonyl (C=O) groups is 1. The van der Waals surface area contributed by atoms with Gasteiger partial charge in [0.15, 0.2) is 0 Å². The molecule has 1 amide bonds. The van der Waals surface area contributed by atoms with E-state index in [0.29, 0.717) is 37.0 Å². The fraction of sp³-hybridized carbons (Fsp3) is 0.318. The molecular formula is C22H23N3O3. The molecule has 1 aromatic heterocycles. The monoisotopic (exact) mass is 377 g/mol. The Hall–Kier alpha value is -3.15. The molecule has 0 saturated carbocycles. The molecule has 0 aliphatic carbocycles. The van der Waals surface area contributed by atoms with Crippen molar-refractivity contribution in [2.45, 2.75) is 32.6 Å². The number of hydrogen-bond donors (Lipinski definition) is 0. The van der Waals surface area contributed by atoms with E-state index < -0.39 is 0 Å². The zero-order valence-corrected chi connectivity index (χ0v) is 16.1. The molecule has 28 heavy (non-hydrogen) atoms. The molecule has 0 N–H and O–H groups in total. The molecule has 0 radical (unpaired) electrons. The van der Waals surface area contributed by atoms with Crippen LogP contribution in [0.4, 0.5) is 5.69 Å². The minimum absolute atomic E-state index is 0.0317. The van der Waals surface area contributed by atoms with Crippen molar-refractivity contribution in [3.05, 3.63) is 60.0 Å². The van der Waals surface area contributed by atoms with Crippen molar-refractivity contribution in [1.29, 1.82) is 0 Å². The van der Waals surface area contributed by atoms with Gasteiger partial charge in [-0.25, -0.2) is 0 Å². The Morgan fingerprint density at radius 2 is 1.93 bits per heavy atom. The van der Waals surface area contributed by atoms with Gasteiger partial charge >= 0.3 is 0 Å². The lowest BCUT2D eigenvalue weighted by atomic mass is 10.1. The van der Waals surface area contributed by atoms with Gasteiger partial charge in [-0.1, -0.05) is 48.5 Å². The smallest absolute Gasteiger partial charge is 0.232 e. The predicted molar refractivity (Wildman–Crippen MR) is 106 cm³/mol. The summed E-state index contributed by atoms with van der Waals surface area (Å²) < 4.78 is 11.2. The molecule has 1 fully saturated rings.